The average Bonchev–Trinajstić information content (AvgIpc) is 3.00. The summed E-state index contributed by atoms with van der Waals surface area (Å²) in [6.07, 6.45) is 4.03. The first-order valence-corrected chi connectivity index (χ1v) is 8.98. The molecule has 24 heavy (non-hydrogen) atoms. The molecule has 4 aromatic rings. The first kappa shape index (κ1) is 14.2. The van der Waals surface area contributed by atoms with Crippen LogP contribution in [0.25, 0.3) is 33.1 Å². The molecule has 0 aliphatic heterocycles. The summed E-state index contributed by atoms with van der Waals surface area (Å²) >= 11 is 2.18. The summed E-state index contributed by atoms with van der Waals surface area (Å²) in [5, 5.41) is 19.6. The molecule has 0 atom stereocenters. The fourth-order valence-electron chi connectivity index (χ4n) is 3.63. The lowest BCUT2D eigenvalue weighted by molar-refractivity contribution is 0.467. The highest BCUT2D eigenvalue weighted by molar-refractivity contribution is 14.1. The van der Waals surface area contributed by atoms with Crippen molar-refractivity contribution in [2.24, 2.45) is 0 Å². The van der Waals surface area contributed by atoms with Crippen LogP contribution in [0.2, 0.25) is 0 Å². The molecular formula is C19H14IN3O. The Morgan fingerprint density at radius 1 is 1.17 bits per heavy atom. The number of aromatic nitrogens is 3. The van der Waals surface area contributed by atoms with Crippen LogP contribution in [0.15, 0.2) is 30.5 Å². The third-order valence-corrected chi connectivity index (χ3v) is 5.76. The Morgan fingerprint density at radius 3 is 2.75 bits per heavy atom. The zero-order valence-corrected chi connectivity index (χ0v) is 15.2. The number of halogens is 1. The summed E-state index contributed by atoms with van der Waals surface area (Å²) in [4.78, 5) is 4.97. The van der Waals surface area contributed by atoms with Crippen LogP contribution in [0.3, 0.4) is 0 Å². The Hall–Kier alpha value is -2.15. The molecule has 0 fully saturated rings. The van der Waals surface area contributed by atoms with E-state index in [0.717, 1.165) is 49.7 Å². The second-order valence-corrected chi connectivity index (χ2v) is 7.49. The van der Waals surface area contributed by atoms with Crippen molar-refractivity contribution < 1.29 is 5.11 Å². The fourth-order valence-corrected chi connectivity index (χ4v) is 4.39. The minimum Gasteiger partial charge on any atom is -0.507 e. The molecule has 0 bridgehead atoms. The highest BCUT2D eigenvalue weighted by Gasteiger charge is 2.25. The normalized spacial score (nSPS) is 13.2. The Kier molecular flexibility index (Phi) is 2.92. The predicted molar refractivity (Wildman–Crippen MR) is 103 cm³/mol. The second-order valence-electron chi connectivity index (χ2n) is 6.33. The molecule has 0 radical (unpaired) electrons. The first-order valence-electron chi connectivity index (χ1n) is 7.90. The van der Waals surface area contributed by atoms with Crippen LogP contribution in [-0.4, -0.2) is 20.3 Å². The number of benzene rings is 2. The van der Waals surface area contributed by atoms with Crippen molar-refractivity contribution in [3.63, 3.8) is 0 Å². The maximum Gasteiger partial charge on any atom is 0.131 e. The molecule has 2 aromatic carbocycles. The number of phenols is 1. The number of pyridine rings is 1. The number of nitrogens with zero attached hydrogens (tertiary/aromatic N) is 2. The molecule has 4 nitrogen and oxygen atoms in total. The lowest BCUT2D eigenvalue weighted by Crippen LogP contribution is -2.13. The molecule has 1 aliphatic carbocycles. The van der Waals surface area contributed by atoms with E-state index in [-0.39, 0.29) is 0 Å². The Labute approximate surface area is 152 Å². The summed E-state index contributed by atoms with van der Waals surface area (Å²) in [5.41, 5.74) is 7.81. The molecule has 2 aromatic heterocycles. The highest BCUT2D eigenvalue weighted by Crippen LogP contribution is 2.41. The molecule has 0 spiro atoms. The molecule has 2 N–H and O–H groups in total. The van der Waals surface area contributed by atoms with Gasteiger partial charge >= 0.3 is 0 Å². The first-order chi connectivity index (χ1) is 11.6. The smallest absolute Gasteiger partial charge is 0.131 e. The van der Waals surface area contributed by atoms with Crippen LogP contribution in [-0.2, 0) is 12.8 Å². The molecule has 1 aliphatic rings. The van der Waals surface area contributed by atoms with E-state index in [4.69, 9.17) is 4.98 Å². The zero-order valence-electron chi connectivity index (χ0n) is 13.0. The number of rotatable bonds is 1. The summed E-state index contributed by atoms with van der Waals surface area (Å²) in [5.74, 6) is 0.360. The van der Waals surface area contributed by atoms with Crippen LogP contribution in [0.4, 0.5) is 0 Å². The maximum absolute atomic E-state index is 10.0. The lowest BCUT2D eigenvalue weighted by Gasteiger charge is -2.25. The number of aryl methyl sites for hydroxylation is 2. The minimum atomic E-state index is 0.360. The van der Waals surface area contributed by atoms with Gasteiger partial charge in [-0.05, 0) is 83.3 Å². The van der Waals surface area contributed by atoms with Gasteiger partial charge in [0, 0.05) is 16.3 Å². The lowest BCUT2D eigenvalue weighted by atomic mass is 9.82. The second kappa shape index (κ2) is 4.92. The molecular weight excluding hydrogens is 413 g/mol. The van der Waals surface area contributed by atoms with E-state index in [9.17, 15) is 5.11 Å². The number of fused-ring (bicyclic) bond motifs is 5. The molecule has 5 rings (SSSR count). The van der Waals surface area contributed by atoms with Crippen molar-refractivity contribution in [1.82, 2.24) is 15.2 Å². The summed E-state index contributed by atoms with van der Waals surface area (Å²) in [6.45, 7) is 1.93. The number of phenolic OH excluding ortho intramolecular Hbond substituents is 1. The largest absolute Gasteiger partial charge is 0.507 e. The summed E-state index contributed by atoms with van der Waals surface area (Å²) in [7, 11) is 0. The molecule has 2 heterocycles. The predicted octanol–water partition coefficient (Wildman–Crippen LogP) is 4.50. The number of hydrogen-bond donors (Lipinski definition) is 2. The molecule has 0 amide bonds. The highest BCUT2D eigenvalue weighted by atomic mass is 127. The quantitative estimate of drug-likeness (QED) is 0.440. The van der Waals surface area contributed by atoms with Crippen LogP contribution in [0, 0.1) is 10.5 Å². The molecule has 0 saturated carbocycles. The van der Waals surface area contributed by atoms with Crippen molar-refractivity contribution in [2.75, 3.05) is 0 Å². The van der Waals surface area contributed by atoms with Gasteiger partial charge in [0.25, 0.3) is 0 Å². The third-order valence-electron chi connectivity index (χ3n) is 4.94. The van der Waals surface area contributed by atoms with Crippen molar-refractivity contribution in [3.05, 3.63) is 50.7 Å². The van der Waals surface area contributed by atoms with Gasteiger partial charge in [-0.15, -0.1) is 0 Å². The van der Waals surface area contributed by atoms with E-state index in [0.29, 0.717) is 5.75 Å². The van der Waals surface area contributed by atoms with Gasteiger partial charge in [-0.25, -0.2) is 4.98 Å². The number of H-pyrrole nitrogens is 1. The van der Waals surface area contributed by atoms with Crippen molar-refractivity contribution in [2.45, 2.75) is 19.8 Å². The summed E-state index contributed by atoms with van der Waals surface area (Å²) in [6, 6.07) is 8.15. The van der Waals surface area contributed by atoms with Gasteiger partial charge < -0.3 is 5.11 Å². The van der Waals surface area contributed by atoms with Crippen LogP contribution in [0.5, 0.6) is 5.75 Å². The third kappa shape index (κ3) is 1.84. The topological polar surface area (TPSA) is 61.8 Å². The van der Waals surface area contributed by atoms with Gasteiger partial charge in [0.15, 0.2) is 0 Å². The number of hydrogen-bond acceptors (Lipinski definition) is 3. The summed E-state index contributed by atoms with van der Waals surface area (Å²) < 4.78 is 0.864. The van der Waals surface area contributed by atoms with E-state index >= 15 is 0 Å². The van der Waals surface area contributed by atoms with E-state index in [1.54, 1.807) is 0 Å². The Morgan fingerprint density at radius 2 is 2.00 bits per heavy atom. The molecule has 5 heteroatoms. The van der Waals surface area contributed by atoms with Crippen molar-refractivity contribution in [1.29, 1.82) is 0 Å². The van der Waals surface area contributed by atoms with Crippen LogP contribution < -0.4 is 0 Å². The zero-order chi connectivity index (χ0) is 16.4. The van der Waals surface area contributed by atoms with E-state index in [1.807, 2.05) is 31.3 Å². The van der Waals surface area contributed by atoms with E-state index < -0.39 is 0 Å². The van der Waals surface area contributed by atoms with Gasteiger partial charge in [-0.2, -0.15) is 5.10 Å². The van der Waals surface area contributed by atoms with Gasteiger partial charge in [0.05, 0.1) is 26.5 Å². The Balaban J connectivity index is 1.85. The monoisotopic (exact) mass is 427 g/mol. The Bertz CT molecular complexity index is 1120. The van der Waals surface area contributed by atoms with Gasteiger partial charge in [-0.1, -0.05) is 0 Å². The SMILES string of the molecule is Cc1cc(-c2nc3ccc4[nH]ncc4c3c3c2CC3)cc(I)c1O. The number of nitrogens with one attached hydrogen (secondary N) is 1. The number of aromatic amines is 1. The van der Waals surface area contributed by atoms with Crippen LogP contribution in [0.1, 0.15) is 16.7 Å². The van der Waals surface area contributed by atoms with Gasteiger partial charge in [0.1, 0.15) is 5.75 Å². The van der Waals surface area contributed by atoms with Gasteiger partial charge in [0.2, 0.25) is 0 Å². The molecule has 0 saturated heterocycles. The molecule has 0 unspecified atom stereocenters. The van der Waals surface area contributed by atoms with Crippen molar-refractivity contribution in [3.8, 4) is 17.0 Å². The van der Waals surface area contributed by atoms with Crippen LogP contribution >= 0.6 is 22.6 Å². The van der Waals surface area contributed by atoms with E-state index in [1.165, 1.54) is 16.5 Å². The van der Waals surface area contributed by atoms with Crippen molar-refractivity contribution >= 4 is 44.4 Å². The number of aromatic hydroxyl groups is 1. The van der Waals surface area contributed by atoms with E-state index in [2.05, 4.69) is 38.9 Å². The fraction of sp³-hybridized carbons (Fsp3) is 0.158. The maximum atomic E-state index is 10.0. The minimum absolute atomic E-state index is 0.360. The van der Waals surface area contributed by atoms with Gasteiger partial charge in [-0.3, -0.25) is 5.10 Å². The standard InChI is InChI=1S/C19H14IN3O/c1-9-6-10(7-14(20)19(9)24)18-12-3-2-11(12)17-13-8-21-23-15(13)4-5-16(17)22-18/h4-8,24H,2-3H2,1H3,(H,21,23). The molecule has 118 valence electrons. The average molecular weight is 427 g/mol.